The van der Waals surface area contributed by atoms with Crippen LogP contribution in [0.1, 0.15) is 5.56 Å². The Balaban J connectivity index is 1.63. The average Bonchev–Trinajstić information content (AvgIpc) is 3.01. The molecule has 0 aliphatic carbocycles. The topological polar surface area (TPSA) is 103 Å². The van der Waals surface area contributed by atoms with E-state index in [4.69, 9.17) is 0 Å². The summed E-state index contributed by atoms with van der Waals surface area (Å²) in [6, 6.07) is 13.5. The molecule has 0 spiro atoms. The number of hydrogen-bond donors (Lipinski definition) is 1. The monoisotopic (exact) mass is 369 g/mol. The Morgan fingerprint density at radius 3 is 2.62 bits per heavy atom. The normalized spacial score (nSPS) is 10.5. The van der Waals surface area contributed by atoms with Crippen LogP contribution >= 0.6 is 11.8 Å². The van der Waals surface area contributed by atoms with Gasteiger partial charge >= 0.3 is 0 Å². The molecule has 1 N–H and O–H groups in total. The number of nitrogens with one attached hydrogen (secondary N) is 1. The Bertz CT molecular complexity index is 940. The highest BCUT2D eigenvalue weighted by Gasteiger charge is 2.15. The molecule has 3 aromatic rings. The van der Waals surface area contributed by atoms with Gasteiger partial charge in [0.25, 0.3) is 5.69 Å². The van der Waals surface area contributed by atoms with Gasteiger partial charge in [-0.15, -0.1) is 10.2 Å². The fraction of sp³-hybridized carbons (Fsp3) is 0.118. The molecule has 2 aromatic carbocycles. The molecule has 26 heavy (non-hydrogen) atoms. The van der Waals surface area contributed by atoms with Crippen molar-refractivity contribution in [3.63, 3.8) is 0 Å². The standard InChI is InChI=1S/C17H15N5O3S/c1-21-11-18-20-17(21)26-14-8-6-13(7-9-14)19-16(23)10-12-4-2-3-5-15(12)22(24)25/h2-9,11H,10H2,1H3,(H,19,23). The molecule has 0 saturated carbocycles. The Labute approximate surface area is 153 Å². The van der Waals surface area contributed by atoms with Gasteiger partial charge in [-0.25, -0.2) is 0 Å². The maximum Gasteiger partial charge on any atom is 0.273 e. The van der Waals surface area contributed by atoms with Crippen molar-refractivity contribution in [2.75, 3.05) is 5.32 Å². The highest BCUT2D eigenvalue weighted by Crippen LogP contribution is 2.26. The molecule has 3 rings (SSSR count). The van der Waals surface area contributed by atoms with E-state index in [1.807, 2.05) is 23.7 Å². The van der Waals surface area contributed by atoms with Gasteiger partial charge in [0.2, 0.25) is 5.91 Å². The third-order valence-electron chi connectivity index (χ3n) is 3.56. The van der Waals surface area contributed by atoms with Gasteiger partial charge in [-0.2, -0.15) is 0 Å². The summed E-state index contributed by atoms with van der Waals surface area (Å²) in [5.41, 5.74) is 0.943. The molecule has 0 radical (unpaired) electrons. The van der Waals surface area contributed by atoms with Crippen LogP contribution in [0.15, 0.2) is 64.9 Å². The second-order valence-electron chi connectivity index (χ2n) is 5.46. The summed E-state index contributed by atoms with van der Waals surface area (Å²) in [5, 5.41) is 22.3. The van der Waals surface area contributed by atoms with E-state index in [2.05, 4.69) is 15.5 Å². The number of aromatic nitrogens is 3. The molecule has 8 nitrogen and oxygen atoms in total. The predicted octanol–water partition coefficient (Wildman–Crippen LogP) is 3.06. The third kappa shape index (κ3) is 4.25. The zero-order valence-electron chi connectivity index (χ0n) is 13.8. The molecule has 0 fully saturated rings. The zero-order chi connectivity index (χ0) is 18.5. The van der Waals surface area contributed by atoms with Gasteiger partial charge in [0.15, 0.2) is 5.16 Å². The van der Waals surface area contributed by atoms with Crippen LogP contribution in [-0.4, -0.2) is 25.6 Å². The first kappa shape index (κ1) is 17.6. The summed E-state index contributed by atoms with van der Waals surface area (Å²) >= 11 is 1.46. The summed E-state index contributed by atoms with van der Waals surface area (Å²) in [6.07, 6.45) is 1.56. The Morgan fingerprint density at radius 2 is 1.96 bits per heavy atom. The van der Waals surface area contributed by atoms with Crippen molar-refractivity contribution in [3.05, 3.63) is 70.5 Å². The van der Waals surface area contributed by atoms with Crippen molar-refractivity contribution in [1.82, 2.24) is 14.8 Å². The molecule has 0 bridgehead atoms. The summed E-state index contributed by atoms with van der Waals surface area (Å²) in [7, 11) is 1.86. The van der Waals surface area contributed by atoms with E-state index in [0.29, 0.717) is 11.3 Å². The smallest absolute Gasteiger partial charge is 0.273 e. The van der Waals surface area contributed by atoms with Crippen molar-refractivity contribution >= 4 is 29.0 Å². The maximum absolute atomic E-state index is 12.2. The number of carbonyl (C=O) groups is 1. The van der Waals surface area contributed by atoms with Gasteiger partial charge in [0.1, 0.15) is 6.33 Å². The van der Waals surface area contributed by atoms with Gasteiger partial charge in [0, 0.05) is 29.3 Å². The summed E-state index contributed by atoms with van der Waals surface area (Å²) in [6.45, 7) is 0. The van der Waals surface area contributed by atoms with Crippen molar-refractivity contribution in [2.45, 2.75) is 16.5 Å². The first-order valence-corrected chi connectivity index (χ1v) is 8.48. The Morgan fingerprint density at radius 1 is 1.23 bits per heavy atom. The number of amides is 1. The zero-order valence-corrected chi connectivity index (χ0v) is 14.6. The summed E-state index contributed by atoms with van der Waals surface area (Å²) < 4.78 is 1.81. The lowest BCUT2D eigenvalue weighted by atomic mass is 10.1. The first-order valence-electron chi connectivity index (χ1n) is 7.67. The molecule has 132 valence electrons. The minimum atomic E-state index is -0.485. The third-order valence-corrected chi connectivity index (χ3v) is 4.62. The summed E-state index contributed by atoms with van der Waals surface area (Å²) in [4.78, 5) is 23.7. The lowest BCUT2D eigenvalue weighted by Crippen LogP contribution is -2.15. The number of para-hydroxylation sites is 1. The predicted molar refractivity (Wildman–Crippen MR) is 97.0 cm³/mol. The second-order valence-corrected chi connectivity index (χ2v) is 6.50. The number of hydrogen-bond acceptors (Lipinski definition) is 6. The highest BCUT2D eigenvalue weighted by molar-refractivity contribution is 7.99. The summed E-state index contributed by atoms with van der Waals surface area (Å²) in [5.74, 6) is -0.312. The van der Waals surface area contributed by atoms with Crippen LogP contribution in [0.2, 0.25) is 0 Å². The molecule has 0 atom stereocenters. The Hall–Kier alpha value is -3.20. The number of benzene rings is 2. The second kappa shape index (κ2) is 7.79. The maximum atomic E-state index is 12.2. The van der Waals surface area contributed by atoms with Gasteiger partial charge in [-0.05, 0) is 36.0 Å². The molecular formula is C17H15N5O3S. The van der Waals surface area contributed by atoms with E-state index < -0.39 is 4.92 Å². The first-order chi connectivity index (χ1) is 12.5. The van der Waals surface area contributed by atoms with Gasteiger partial charge in [-0.3, -0.25) is 14.9 Å². The molecule has 0 aliphatic rings. The quantitative estimate of drug-likeness (QED) is 0.529. The molecule has 1 heterocycles. The fourth-order valence-electron chi connectivity index (χ4n) is 2.29. The van der Waals surface area contributed by atoms with Crippen LogP contribution in [0.4, 0.5) is 11.4 Å². The Kier molecular flexibility index (Phi) is 5.28. The lowest BCUT2D eigenvalue weighted by Gasteiger charge is -2.07. The molecule has 1 aromatic heterocycles. The lowest BCUT2D eigenvalue weighted by molar-refractivity contribution is -0.385. The number of aryl methyl sites for hydroxylation is 1. The van der Waals surface area contributed by atoms with Crippen molar-refractivity contribution in [2.24, 2.45) is 7.05 Å². The van der Waals surface area contributed by atoms with E-state index in [1.165, 1.54) is 17.8 Å². The van der Waals surface area contributed by atoms with E-state index in [0.717, 1.165) is 10.1 Å². The fourth-order valence-corrected chi connectivity index (χ4v) is 3.06. The largest absolute Gasteiger partial charge is 0.326 e. The number of nitro benzene ring substituents is 1. The number of anilines is 1. The van der Waals surface area contributed by atoms with E-state index in [-0.39, 0.29) is 18.0 Å². The van der Waals surface area contributed by atoms with E-state index in [1.54, 1.807) is 36.7 Å². The number of carbonyl (C=O) groups excluding carboxylic acids is 1. The highest BCUT2D eigenvalue weighted by atomic mass is 32.2. The average molecular weight is 369 g/mol. The molecule has 0 aliphatic heterocycles. The van der Waals surface area contributed by atoms with Crippen molar-refractivity contribution in [3.8, 4) is 0 Å². The number of nitrogens with zero attached hydrogens (tertiary/aromatic N) is 4. The van der Waals surface area contributed by atoms with Gasteiger partial charge < -0.3 is 9.88 Å². The SMILES string of the molecule is Cn1cnnc1Sc1ccc(NC(=O)Cc2ccccc2[N+](=O)[O-])cc1. The van der Waals surface area contributed by atoms with Crippen LogP contribution in [0.5, 0.6) is 0 Å². The van der Waals surface area contributed by atoms with Crippen molar-refractivity contribution < 1.29 is 9.72 Å². The van der Waals surface area contributed by atoms with Gasteiger partial charge in [0.05, 0.1) is 11.3 Å². The van der Waals surface area contributed by atoms with Crippen LogP contribution in [0.3, 0.4) is 0 Å². The molecule has 1 amide bonds. The van der Waals surface area contributed by atoms with E-state index in [9.17, 15) is 14.9 Å². The van der Waals surface area contributed by atoms with Crippen molar-refractivity contribution in [1.29, 1.82) is 0 Å². The number of nitro groups is 1. The van der Waals surface area contributed by atoms with Crippen LogP contribution in [0.25, 0.3) is 0 Å². The van der Waals surface area contributed by atoms with Crippen LogP contribution in [0, 0.1) is 10.1 Å². The molecule has 9 heteroatoms. The molecule has 0 saturated heterocycles. The minimum absolute atomic E-state index is 0.0573. The van der Waals surface area contributed by atoms with Gasteiger partial charge in [-0.1, -0.05) is 18.2 Å². The minimum Gasteiger partial charge on any atom is -0.326 e. The van der Waals surface area contributed by atoms with Crippen LogP contribution < -0.4 is 5.32 Å². The van der Waals surface area contributed by atoms with E-state index >= 15 is 0 Å². The molecule has 0 unspecified atom stereocenters. The number of rotatable bonds is 6. The van der Waals surface area contributed by atoms with Crippen LogP contribution in [-0.2, 0) is 18.3 Å². The molecular weight excluding hydrogens is 354 g/mol.